The van der Waals surface area contributed by atoms with Crippen LogP contribution in [0.1, 0.15) is 36.7 Å². The van der Waals surface area contributed by atoms with Gasteiger partial charge < -0.3 is 35.9 Å². The molecule has 48 heavy (non-hydrogen) atoms. The van der Waals surface area contributed by atoms with Crippen molar-refractivity contribution in [2.45, 2.75) is 26.2 Å². The number of fused-ring (bicyclic) bond motifs is 1. The van der Waals surface area contributed by atoms with Gasteiger partial charge in [0.15, 0.2) is 0 Å². The van der Waals surface area contributed by atoms with E-state index in [2.05, 4.69) is 61.1 Å². The van der Waals surface area contributed by atoms with Gasteiger partial charge in [0, 0.05) is 45.7 Å². The second kappa shape index (κ2) is 14.2. The van der Waals surface area contributed by atoms with Crippen LogP contribution in [0.25, 0.3) is 10.8 Å². The minimum absolute atomic E-state index is 0.111. The Morgan fingerprint density at radius 1 is 0.812 bits per heavy atom. The number of carbonyl (C=O) groups excluding carboxylic acids is 2. The summed E-state index contributed by atoms with van der Waals surface area (Å²) >= 11 is 0. The van der Waals surface area contributed by atoms with Crippen molar-refractivity contribution in [1.29, 1.82) is 0 Å². The zero-order chi connectivity index (χ0) is 34.6. The molecule has 0 fully saturated rings. The predicted octanol–water partition coefficient (Wildman–Crippen LogP) is 8.20. The highest BCUT2D eigenvalue weighted by atomic mass is 31.1. The van der Waals surface area contributed by atoms with Crippen molar-refractivity contribution in [3.05, 3.63) is 96.2 Å². The number of amides is 3. The standard InChI is InChI=1S/C37H40N5O5P/c1-37(2,3)23-18-30(34(46-5)32(19-23)48(6)7)42-36(44)41-29-12-13-31(28-11-9-8-10-27(28)29)47-25-14-15-39-33(21-25)40-24-16-22(35(38)43)17-26(20-24)45-4/h8-21H,1-7H3,(H2,38,43)(H,39,40)(H2,41,42,44). The van der Waals surface area contributed by atoms with Crippen molar-refractivity contribution in [1.82, 2.24) is 4.98 Å². The lowest BCUT2D eigenvalue weighted by Gasteiger charge is -2.25. The van der Waals surface area contributed by atoms with Gasteiger partial charge in [0.25, 0.3) is 0 Å². The summed E-state index contributed by atoms with van der Waals surface area (Å²) in [5, 5.41) is 11.9. The number of pyridine rings is 1. The summed E-state index contributed by atoms with van der Waals surface area (Å²) in [4.78, 5) is 29.6. The van der Waals surface area contributed by atoms with E-state index in [0.29, 0.717) is 51.4 Å². The highest BCUT2D eigenvalue weighted by Crippen LogP contribution is 2.39. The van der Waals surface area contributed by atoms with Crippen LogP contribution in [0.5, 0.6) is 23.0 Å². The van der Waals surface area contributed by atoms with E-state index >= 15 is 0 Å². The molecule has 0 atom stereocenters. The van der Waals surface area contributed by atoms with Gasteiger partial charge in [-0.3, -0.25) is 4.79 Å². The normalized spacial score (nSPS) is 11.2. The Hall–Kier alpha value is -5.34. The lowest BCUT2D eigenvalue weighted by atomic mass is 9.86. The average Bonchev–Trinajstić information content (AvgIpc) is 3.05. The summed E-state index contributed by atoms with van der Waals surface area (Å²) < 4.78 is 17.4. The third kappa shape index (κ3) is 7.78. The zero-order valence-corrected chi connectivity index (χ0v) is 29.0. The molecule has 0 aliphatic heterocycles. The van der Waals surface area contributed by atoms with E-state index in [4.69, 9.17) is 19.9 Å². The largest absolute Gasteiger partial charge is 0.497 e. The molecule has 0 bridgehead atoms. The Bertz CT molecular complexity index is 1990. The molecule has 4 aromatic carbocycles. The average molecular weight is 666 g/mol. The van der Waals surface area contributed by atoms with Crippen molar-refractivity contribution in [2.75, 3.05) is 43.5 Å². The Kier molecular flexibility index (Phi) is 10.1. The number of nitrogens with two attached hydrogens (primary N) is 1. The zero-order valence-electron chi connectivity index (χ0n) is 28.1. The van der Waals surface area contributed by atoms with Crippen LogP contribution in [-0.2, 0) is 5.41 Å². The first-order valence-corrected chi connectivity index (χ1v) is 17.5. The second-order valence-corrected chi connectivity index (χ2v) is 14.6. The minimum atomic E-state index is -0.570. The summed E-state index contributed by atoms with van der Waals surface area (Å²) in [5.74, 6) is 2.20. The molecule has 0 saturated heterocycles. The van der Waals surface area contributed by atoms with Crippen LogP contribution in [0.2, 0.25) is 0 Å². The van der Waals surface area contributed by atoms with Crippen LogP contribution in [-0.4, -0.2) is 44.5 Å². The van der Waals surface area contributed by atoms with Crippen LogP contribution in [0.3, 0.4) is 0 Å². The molecule has 0 saturated carbocycles. The number of methoxy groups -OCH3 is 2. The molecule has 1 aromatic heterocycles. The van der Waals surface area contributed by atoms with Crippen molar-refractivity contribution < 1.29 is 23.8 Å². The molecular weight excluding hydrogens is 625 g/mol. The van der Waals surface area contributed by atoms with E-state index in [1.807, 2.05) is 42.5 Å². The molecule has 5 N–H and O–H groups in total. The van der Waals surface area contributed by atoms with Gasteiger partial charge in [-0.25, -0.2) is 9.78 Å². The fourth-order valence-corrected chi connectivity index (χ4v) is 6.20. The maximum atomic E-state index is 13.4. The molecular formula is C37H40N5O5P. The first kappa shape index (κ1) is 34.0. The monoisotopic (exact) mass is 665 g/mol. The third-order valence-corrected chi connectivity index (χ3v) is 8.96. The van der Waals surface area contributed by atoms with E-state index in [9.17, 15) is 9.59 Å². The van der Waals surface area contributed by atoms with Crippen molar-refractivity contribution in [2.24, 2.45) is 5.73 Å². The third-order valence-electron chi connectivity index (χ3n) is 7.66. The Morgan fingerprint density at radius 2 is 1.54 bits per heavy atom. The van der Waals surface area contributed by atoms with Crippen LogP contribution < -0.4 is 41.2 Å². The number of hydrogen-bond donors (Lipinski definition) is 4. The SMILES string of the molecule is COc1cc(Nc2cc(Oc3ccc(NC(=O)Nc4cc(C(C)(C)C)cc(P(C)C)c4OC)c4ccccc34)ccn2)cc(C(N)=O)c1. The van der Waals surface area contributed by atoms with Crippen LogP contribution in [0.15, 0.2) is 85.1 Å². The van der Waals surface area contributed by atoms with E-state index < -0.39 is 13.8 Å². The fraction of sp³-hybridized carbons (Fsp3) is 0.216. The maximum Gasteiger partial charge on any atom is 0.323 e. The van der Waals surface area contributed by atoms with Gasteiger partial charge in [0.05, 0.1) is 25.6 Å². The molecule has 0 aliphatic carbocycles. The second-order valence-electron chi connectivity index (χ2n) is 12.4. The van der Waals surface area contributed by atoms with Crippen LogP contribution in [0, 0.1) is 0 Å². The van der Waals surface area contributed by atoms with E-state index in [1.165, 1.54) is 7.11 Å². The number of nitrogens with one attached hydrogen (secondary N) is 3. The lowest BCUT2D eigenvalue weighted by Crippen LogP contribution is -2.23. The van der Waals surface area contributed by atoms with Gasteiger partial charge in [-0.2, -0.15) is 0 Å². The lowest BCUT2D eigenvalue weighted by molar-refractivity contribution is 0.1000. The van der Waals surface area contributed by atoms with E-state index in [-0.39, 0.29) is 11.4 Å². The maximum absolute atomic E-state index is 13.4. The minimum Gasteiger partial charge on any atom is -0.497 e. The number of benzene rings is 4. The quantitative estimate of drug-likeness (QED) is 0.110. The molecule has 10 nitrogen and oxygen atoms in total. The highest BCUT2D eigenvalue weighted by Gasteiger charge is 2.22. The summed E-state index contributed by atoms with van der Waals surface area (Å²) in [6.45, 7) is 10.8. The molecule has 1 heterocycles. The number of anilines is 4. The van der Waals surface area contributed by atoms with Crippen LogP contribution >= 0.6 is 7.92 Å². The van der Waals surface area contributed by atoms with Gasteiger partial charge in [-0.15, -0.1) is 0 Å². The molecule has 0 aliphatic rings. The van der Waals surface area contributed by atoms with Gasteiger partial charge in [0.2, 0.25) is 5.91 Å². The summed E-state index contributed by atoms with van der Waals surface area (Å²) in [6.07, 6.45) is 1.62. The Morgan fingerprint density at radius 3 is 2.21 bits per heavy atom. The number of aromatic nitrogens is 1. The van der Waals surface area contributed by atoms with Gasteiger partial charge >= 0.3 is 6.03 Å². The van der Waals surface area contributed by atoms with E-state index in [0.717, 1.165) is 21.6 Å². The molecule has 0 unspecified atom stereocenters. The van der Waals surface area contributed by atoms with Crippen molar-refractivity contribution in [3.63, 3.8) is 0 Å². The van der Waals surface area contributed by atoms with Crippen molar-refractivity contribution >= 4 is 58.8 Å². The number of carbonyl (C=O) groups is 2. The Balaban J connectivity index is 1.39. The number of rotatable bonds is 10. The fourth-order valence-electron chi connectivity index (χ4n) is 5.18. The van der Waals surface area contributed by atoms with E-state index in [1.54, 1.807) is 43.6 Å². The van der Waals surface area contributed by atoms with Gasteiger partial charge in [0.1, 0.15) is 28.8 Å². The van der Waals surface area contributed by atoms with Crippen molar-refractivity contribution in [3.8, 4) is 23.0 Å². The summed E-state index contributed by atoms with van der Waals surface area (Å²) in [5.41, 5.74) is 8.62. The van der Waals surface area contributed by atoms with Gasteiger partial charge in [-0.1, -0.05) is 53.0 Å². The number of urea groups is 1. The number of nitrogens with zero attached hydrogens (tertiary/aromatic N) is 1. The molecule has 248 valence electrons. The first-order chi connectivity index (χ1) is 22.9. The molecule has 5 aromatic rings. The molecule has 0 radical (unpaired) electrons. The molecule has 5 rings (SSSR count). The topological polar surface area (TPSA) is 137 Å². The predicted molar refractivity (Wildman–Crippen MR) is 196 cm³/mol. The summed E-state index contributed by atoms with van der Waals surface area (Å²) in [6, 6.07) is 23.5. The molecule has 11 heteroatoms. The smallest absolute Gasteiger partial charge is 0.323 e. The highest BCUT2D eigenvalue weighted by molar-refractivity contribution is 7.64. The molecule has 3 amide bonds. The number of hydrogen-bond acceptors (Lipinski definition) is 7. The first-order valence-electron chi connectivity index (χ1n) is 15.3. The summed E-state index contributed by atoms with van der Waals surface area (Å²) in [7, 11) is 2.66. The Labute approximate surface area is 281 Å². The molecule has 0 spiro atoms. The van der Waals surface area contributed by atoms with Crippen LogP contribution in [0.4, 0.5) is 27.7 Å². The number of ether oxygens (including phenoxy) is 3. The number of primary amides is 1. The van der Waals surface area contributed by atoms with Gasteiger partial charge in [-0.05, 0) is 66.8 Å².